The molecule has 1 aromatic carbocycles. The van der Waals surface area contributed by atoms with Crippen molar-refractivity contribution in [2.45, 2.75) is 12.6 Å². The molecule has 1 unspecified atom stereocenters. The smallest absolute Gasteiger partial charge is 0.124 e. The zero-order valence-corrected chi connectivity index (χ0v) is 9.34. The Morgan fingerprint density at radius 2 is 2.24 bits per heavy atom. The van der Waals surface area contributed by atoms with Gasteiger partial charge in [-0.2, -0.15) is 0 Å². The molecule has 2 aromatic rings. The maximum atomic E-state index is 5.60. The van der Waals surface area contributed by atoms with E-state index in [0.29, 0.717) is 6.61 Å². The SMILES string of the molecule is c1ccc2c(c1)OCC2NCc1ccncn1. The molecule has 0 radical (unpaired) electrons. The van der Waals surface area contributed by atoms with Gasteiger partial charge in [-0.25, -0.2) is 9.97 Å². The molecule has 1 aliphatic rings. The number of ether oxygens (including phenoxy) is 1. The van der Waals surface area contributed by atoms with Crippen molar-refractivity contribution in [2.24, 2.45) is 0 Å². The Bertz CT molecular complexity index is 501. The quantitative estimate of drug-likeness (QED) is 0.867. The third kappa shape index (κ3) is 2.12. The summed E-state index contributed by atoms with van der Waals surface area (Å²) in [5.41, 5.74) is 2.21. The monoisotopic (exact) mass is 227 g/mol. The van der Waals surface area contributed by atoms with Gasteiger partial charge in [-0.15, -0.1) is 0 Å². The molecular weight excluding hydrogens is 214 g/mol. The highest BCUT2D eigenvalue weighted by Gasteiger charge is 2.22. The van der Waals surface area contributed by atoms with Crippen LogP contribution in [-0.2, 0) is 6.54 Å². The summed E-state index contributed by atoms with van der Waals surface area (Å²) < 4.78 is 5.60. The lowest BCUT2D eigenvalue weighted by molar-refractivity contribution is 0.310. The normalized spacial score (nSPS) is 17.5. The van der Waals surface area contributed by atoms with Gasteiger partial charge in [-0.3, -0.25) is 0 Å². The zero-order valence-electron chi connectivity index (χ0n) is 9.34. The van der Waals surface area contributed by atoms with Crippen LogP contribution in [0.4, 0.5) is 0 Å². The van der Waals surface area contributed by atoms with Gasteiger partial charge in [0, 0.05) is 18.3 Å². The number of nitrogens with one attached hydrogen (secondary N) is 1. The number of fused-ring (bicyclic) bond motifs is 1. The fourth-order valence-electron chi connectivity index (χ4n) is 1.98. The number of hydrogen-bond donors (Lipinski definition) is 1. The number of rotatable bonds is 3. The first-order valence-electron chi connectivity index (χ1n) is 5.63. The van der Waals surface area contributed by atoms with E-state index in [9.17, 15) is 0 Å². The lowest BCUT2D eigenvalue weighted by Crippen LogP contribution is -2.22. The van der Waals surface area contributed by atoms with Crippen molar-refractivity contribution >= 4 is 0 Å². The van der Waals surface area contributed by atoms with Crippen LogP contribution >= 0.6 is 0 Å². The summed E-state index contributed by atoms with van der Waals surface area (Å²) in [5, 5.41) is 3.44. The predicted octanol–water partition coefficient (Wildman–Crippen LogP) is 1.70. The fraction of sp³-hybridized carbons (Fsp3) is 0.231. The van der Waals surface area contributed by atoms with Gasteiger partial charge in [0.25, 0.3) is 0 Å². The number of aromatic nitrogens is 2. The second-order valence-corrected chi connectivity index (χ2v) is 3.98. The number of benzene rings is 1. The highest BCUT2D eigenvalue weighted by Crippen LogP contribution is 2.31. The molecule has 0 amide bonds. The summed E-state index contributed by atoms with van der Waals surface area (Å²) in [4.78, 5) is 8.08. The standard InChI is InChI=1S/C13H13N3O/c1-2-4-13-11(3-1)12(8-17-13)15-7-10-5-6-14-9-16-10/h1-6,9,12,15H,7-8H2. The maximum absolute atomic E-state index is 5.60. The summed E-state index contributed by atoms with van der Waals surface area (Å²) in [6.45, 7) is 1.41. The second kappa shape index (κ2) is 4.51. The van der Waals surface area contributed by atoms with Crippen molar-refractivity contribution in [1.29, 1.82) is 0 Å². The molecule has 1 aliphatic heterocycles. The van der Waals surface area contributed by atoms with E-state index < -0.39 is 0 Å². The Labute approximate surface area is 99.7 Å². The third-order valence-electron chi connectivity index (χ3n) is 2.87. The summed E-state index contributed by atoms with van der Waals surface area (Å²) in [6, 6.07) is 10.3. The predicted molar refractivity (Wildman–Crippen MR) is 63.5 cm³/mol. The van der Waals surface area contributed by atoms with Crippen molar-refractivity contribution in [1.82, 2.24) is 15.3 Å². The Morgan fingerprint density at radius 3 is 3.12 bits per heavy atom. The van der Waals surface area contributed by atoms with E-state index in [4.69, 9.17) is 4.74 Å². The fourth-order valence-corrected chi connectivity index (χ4v) is 1.98. The molecule has 4 heteroatoms. The molecule has 1 atom stereocenters. The number of para-hydroxylation sites is 1. The van der Waals surface area contributed by atoms with Crippen LogP contribution in [0.1, 0.15) is 17.3 Å². The highest BCUT2D eigenvalue weighted by molar-refractivity contribution is 5.39. The van der Waals surface area contributed by atoms with E-state index in [2.05, 4.69) is 21.4 Å². The van der Waals surface area contributed by atoms with E-state index in [1.807, 2.05) is 24.3 Å². The van der Waals surface area contributed by atoms with Gasteiger partial charge in [0.2, 0.25) is 0 Å². The van der Waals surface area contributed by atoms with Crippen molar-refractivity contribution in [3.63, 3.8) is 0 Å². The van der Waals surface area contributed by atoms with Gasteiger partial charge >= 0.3 is 0 Å². The van der Waals surface area contributed by atoms with Crippen LogP contribution in [0.15, 0.2) is 42.9 Å². The van der Waals surface area contributed by atoms with E-state index in [-0.39, 0.29) is 6.04 Å². The average molecular weight is 227 g/mol. The lowest BCUT2D eigenvalue weighted by atomic mass is 10.1. The van der Waals surface area contributed by atoms with Crippen LogP contribution < -0.4 is 10.1 Å². The third-order valence-corrected chi connectivity index (χ3v) is 2.87. The molecule has 4 nitrogen and oxygen atoms in total. The number of hydrogen-bond acceptors (Lipinski definition) is 4. The van der Waals surface area contributed by atoms with Gasteiger partial charge in [0.1, 0.15) is 18.7 Å². The van der Waals surface area contributed by atoms with Gasteiger partial charge < -0.3 is 10.1 Å². The molecule has 0 bridgehead atoms. The molecule has 86 valence electrons. The summed E-state index contributed by atoms with van der Waals surface area (Å²) in [6.07, 6.45) is 3.32. The highest BCUT2D eigenvalue weighted by atomic mass is 16.5. The van der Waals surface area contributed by atoms with Crippen LogP contribution in [0.25, 0.3) is 0 Å². The molecule has 0 aliphatic carbocycles. The molecule has 3 rings (SSSR count). The molecule has 0 saturated heterocycles. The molecular formula is C13H13N3O. The van der Waals surface area contributed by atoms with Crippen molar-refractivity contribution < 1.29 is 4.74 Å². The summed E-state index contributed by atoms with van der Waals surface area (Å²) in [5.74, 6) is 0.979. The minimum Gasteiger partial charge on any atom is -0.491 e. The van der Waals surface area contributed by atoms with Crippen molar-refractivity contribution in [2.75, 3.05) is 6.61 Å². The topological polar surface area (TPSA) is 47.0 Å². The molecule has 0 spiro atoms. The van der Waals surface area contributed by atoms with E-state index in [1.54, 1.807) is 12.5 Å². The maximum Gasteiger partial charge on any atom is 0.124 e. The summed E-state index contributed by atoms with van der Waals surface area (Å²) >= 11 is 0. The first kappa shape index (κ1) is 10.2. The van der Waals surface area contributed by atoms with E-state index in [1.165, 1.54) is 5.56 Å². The minimum absolute atomic E-state index is 0.251. The van der Waals surface area contributed by atoms with Crippen LogP contribution in [0.3, 0.4) is 0 Å². The van der Waals surface area contributed by atoms with Crippen molar-refractivity contribution in [3.05, 3.63) is 54.1 Å². The molecule has 1 aromatic heterocycles. The van der Waals surface area contributed by atoms with Crippen LogP contribution in [0, 0.1) is 0 Å². The van der Waals surface area contributed by atoms with Gasteiger partial charge in [-0.05, 0) is 12.1 Å². The van der Waals surface area contributed by atoms with E-state index >= 15 is 0 Å². The molecule has 17 heavy (non-hydrogen) atoms. The van der Waals surface area contributed by atoms with Crippen LogP contribution in [-0.4, -0.2) is 16.6 Å². The van der Waals surface area contributed by atoms with E-state index in [0.717, 1.165) is 18.0 Å². The molecule has 2 heterocycles. The number of nitrogens with zero attached hydrogens (tertiary/aromatic N) is 2. The van der Waals surface area contributed by atoms with Crippen LogP contribution in [0.2, 0.25) is 0 Å². The Kier molecular flexibility index (Phi) is 2.71. The first-order chi connectivity index (χ1) is 8.43. The second-order valence-electron chi connectivity index (χ2n) is 3.98. The van der Waals surface area contributed by atoms with Gasteiger partial charge in [0.15, 0.2) is 0 Å². The van der Waals surface area contributed by atoms with Gasteiger partial charge in [0.05, 0.1) is 11.7 Å². The lowest BCUT2D eigenvalue weighted by Gasteiger charge is -2.10. The Morgan fingerprint density at radius 1 is 1.29 bits per heavy atom. The Balaban J connectivity index is 1.68. The zero-order chi connectivity index (χ0) is 11.5. The molecule has 0 saturated carbocycles. The largest absolute Gasteiger partial charge is 0.491 e. The molecule has 0 fully saturated rings. The van der Waals surface area contributed by atoms with Crippen molar-refractivity contribution in [3.8, 4) is 5.75 Å². The first-order valence-corrected chi connectivity index (χ1v) is 5.63. The molecule has 1 N–H and O–H groups in total. The minimum atomic E-state index is 0.251. The Hall–Kier alpha value is -1.94. The summed E-state index contributed by atoms with van der Waals surface area (Å²) in [7, 11) is 0. The average Bonchev–Trinajstić information content (AvgIpc) is 2.81. The van der Waals surface area contributed by atoms with Gasteiger partial charge in [-0.1, -0.05) is 18.2 Å². The van der Waals surface area contributed by atoms with Crippen LogP contribution in [0.5, 0.6) is 5.75 Å².